The number of benzene rings is 1. The Morgan fingerprint density at radius 3 is 2.53 bits per heavy atom. The average molecular weight is 295 g/mol. The quantitative estimate of drug-likeness (QED) is 0.635. The number of nitrogens with zero attached hydrogens (tertiary/aromatic N) is 2. The number of alkyl halides is 1. The number of aromatic nitrogens is 2. The minimum atomic E-state index is -0.275. The highest BCUT2D eigenvalue weighted by molar-refractivity contribution is 6.30. The molecule has 0 unspecified atom stereocenters. The molecule has 1 aromatic carbocycles. The molecule has 0 aliphatic rings. The van der Waals surface area contributed by atoms with Gasteiger partial charge >= 0.3 is 0 Å². The molecule has 96 valence electrons. The molecule has 5 heteroatoms. The number of hydrogen-bond acceptors (Lipinski definition) is 1. The van der Waals surface area contributed by atoms with Crippen LogP contribution >= 0.6 is 23.2 Å². The molecule has 0 atom stereocenters. The first kappa shape index (κ1) is 12.5. The Hall–Kier alpha value is -1.58. The van der Waals surface area contributed by atoms with Gasteiger partial charge in [0.2, 0.25) is 0 Å². The lowest BCUT2D eigenvalue weighted by atomic mass is 10.1. The summed E-state index contributed by atoms with van der Waals surface area (Å²) in [7, 11) is 0. The van der Waals surface area contributed by atoms with Crippen LogP contribution in [0.25, 0.3) is 16.9 Å². The van der Waals surface area contributed by atoms with E-state index in [-0.39, 0.29) is 5.82 Å². The van der Waals surface area contributed by atoms with Gasteiger partial charge in [-0.3, -0.25) is 0 Å². The molecule has 0 N–H and O–H groups in total. The van der Waals surface area contributed by atoms with Gasteiger partial charge in [-0.1, -0.05) is 11.6 Å². The van der Waals surface area contributed by atoms with Crippen LogP contribution in [-0.4, -0.2) is 9.38 Å². The second kappa shape index (κ2) is 4.83. The van der Waals surface area contributed by atoms with Gasteiger partial charge in [0.15, 0.2) is 0 Å². The van der Waals surface area contributed by atoms with Crippen molar-refractivity contribution in [1.82, 2.24) is 9.38 Å². The van der Waals surface area contributed by atoms with Crippen molar-refractivity contribution in [3.63, 3.8) is 0 Å². The molecule has 0 saturated carbocycles. The summed E-state index contributed by atoms with van der Waals surface area (Å²) in [6, 6.07) is 9.79. The standard InChI is InChI=1S/C14H9Cl2FN2/c15-7-12-14(9-1-4-11(17)5-2-9)18-13-6-3-10(16)8-19(12)13/h1-6,8H,7H2. The van der Waals surface area contributed by atoms with Crippen molar-refractivity contribution in [3.05, 3.63) is 59.1 Å². The van der Waals surface area contributed by atoms with E-state index in [0.717, 1.165) is 22.6 Å². The summed E-state index contributed by atoms with van der Waals surface area (Å²) >= 11 is 12.0. The number of rotatable bonds is 2. The summed E-state index contributed by atoms with van der Waals surface area (Å²) in [6.45, 7) is 0. The maximum Gasteiger partial charge on any atom is 0.137 e. The molecular formula is C14H9Cl2FN2. The molecule has 3 aromatic rings. The van der Waals surface area contributed by atoms with Gasteiger partial charge in [0.05, 0.1) is 22.3 Å². The Balaban J connectivity index is 2.25. The Kier molecular flexibility index (Phi) is 3.17. The van der Waals surface area contributed by atoms with E-state index in [0.29, 0.717) is 10.9 Å². The molecule has 0 fully saturated rings. The van der Waals surface area contributed by atoms with Gasteiger partial charge in [0.25, 0.3) is 0 Å². The Morgan fingerprint density at radius 1 is 1.11 bits per heavy atom. The van der Waals surface area contributed by atoms with Crippen LogP contribution in [0, 0.1) is 5.82 Å². The summed E-state index contributed by atoms with van der Waals surface area (Å²) in [5, 5.41) is 0.613. The van der Waals surface area contributed by atoms with Crippen molar-refractivity contribution in [2.45, 2.75) is 5.88 Å². The van der Waals surface area contributed by atoms with E-state index in [1.54, 1.807) is 24.4 Å². The Morgan fingerprint density at radius 2 is 1.84 bits per heavy atom. The highest BCUT2D eigenvalue weighted by Gasteiger charge is 2.13. The lowest BCUT2D eigenvalue weighted by Crippen LogP contribution is -1.91. The highest BCUT2D eigenvalue weighted by atomic mass is 35.5. The van der Waals surface area contributed by atoms with Gasteiger partial charge in [-0.05, 0) is 36.4 Å². The van der Waals surface area contributed by atoms with Crippen molar-refractivity contribution >= 4 is 28.8 Å². The normalized spacial score (nSPS) is 11.1. The number of hydrogen-bond donors (Lipinski definition) is 0. The van der Waals surface area contributed by atoms with Crippen LogP contribution in [0.5, 0.6) is 0 Å². The van der Waals surface area contributed by atoms with Crippen molar-refractivity contribution in [2.24, 2.45) is 0 Å². The topological polar surface area (TPSA) is 17.3 Å². The minimum absolute atomic E-state index is 0.275. The molecular weight excluding hydrogens is 286 g/mol. The van der Waals surface area contributed by atoms with E-state index in [1.807, 2.05) is 10.5 Å². The summed E-state index contributed by atoms with van der Waals surface area (Å²) < 4.78 is 14.8. The molecule has 0 radical (unpaired) electrons. The molecule has 2 heterocycles. The van der Waals surface area contributed by atoms with Crippen LogP contribution in [-0.2, 0) is 5.88 Å². The summed E-state index contributed by atoms with van der Waals surface area (Å²) in [4.78, 5) is 4.52. The molecule has 0 saturated heterocycles. The van der Waals surface area contributed by atoms with Gasteiger partial charge < -0.3 is 4.40 Å². The predicted molar refractivity (Wildman–Crippen MR) is 75.2 cm³/mol. The van der Waals surface area contributed by atoms with E-state index in [4.69, 9.17) is 23.2 Å². The SMILES string of the molecule is Fc1ccc(-c2nc3ccc(Cl)cn3c2CCl)cc1. The van der Waals surface area contributed by atoms with Gasteiger partial charge in [-0.25, -0.2) is 9.37 Å². The van der Waals surface area contributed by atoms with Gasteiger partial charge in [-0.2, -0.15) is 0 Å². The van der Waals surface area contributed by atoms with E-state index in [2.05, 4.69) is 4.98 Å². The van der Waals surface area contributed by atoms with E-state index in [9.17, 15) is 4.39 Å². The third-order valence-electron chi connectivity index (χ3n) is 2.93. The van der Waals surface area contributed by atoms with Crippen molar-refractivity contribution in [3.8, 4) is 11.3 Å². The maximum atomic E-state index is 13.0. The molecule has 0 spiro atoms. The predicted octanol–water partition coefficient (Wildman–Crippen LogP) is 4.53. The molecule has 0 bridgehead atoms. The third-order valence-corrected chi connectivity index (χ3v) is 3.40. The molecule has 0 aliphatic heterocycles. The third kappa shape index (κ3) is 2.20. The maximum absolute atomic E-state index is 13.0. The fraction of sp³-hybridized carbons (Fsp3) is 0.0714. The Labute approximate surface area is 119 Å². The fourth-order valence-electron chi connectivity index (χ4n) is 2.03. The summed E-state index contributed by atoms with van der Waals surface area (Å²) in [6.07, 6.45) is 1.77. The Bertz CT molecular complexity index is 735. The number of imidazole rings is 1. The van der Waals surface area contributed by atoms with E-state index >= 15 is 0 Å². The average Bonchev–Trinajstić information content (AvgIpc) is 2.77. The van der Waals surface area contributed by atoms with Crippen LogP contribution in [0.2, 0.25) is 5.02 Å². The zero-order valence-corrected chi connectivity index (χ0v) is 11.3. The van der Waals surface area contributed by atoms with E-state index in [1.165, 1.54) is 12.1 Å². The van der Waals surface area contributed by atoms with Crippen LogP contribution in [0.4, 0.5) is 4.39 Å². The summed E-state index contributed by atoms with van der Waals surface area (Å²) in [5.74, 6) is 0.0248. The van der Waals surface area contributed by atoms with Gasteiger partial charge in [-0.15, -0.1) is 11.6 Å². The largest absolute Gasteiger partial charge is 0.301 e. The first-order chi connectivity index (χ1) is 9.19. The zero-order valence-electron chi connectivity index (χ0n) is 9.78. The first-order valence-corrected chi connectivity index (χ1v) is 6.58. The molecule has 2 nitrogen and oxygen atoms in total. The molecule has 3 rings (SSSR count). The minimum Gasteiger partial charge on any atom is -0.301 e. The van der Waals surface area contributed by atoms with Crippen LogP contribution < -0.4 is 0 Å². The monoisotopic (exact) mass is 294 g/mol. The lowest BCUT2D eigenvalue weighted by molar-refractivity contribution is 0.628. The second-order valence-corrected chi connectivity index (χ2v) is 4.83. The van der Waals surface area contributed by atoms with Crippen molar-refractivity contribution in [1.29, 1.82) is 0 Å². The smallest absolute Gasteiger partial charge is 0.137 e. The van der Waals surface area contributed by atoms with Crippen molar-refractivity contribution < 1.29 is 4.39 Å². The molecule has 0 aliphatic carbocycles. The van der Waals surface area contributed by atoms with Crippen LogP contribution in [0.15, 0.2) is 42.6 Å². The second-order valence-electron chi connectivity index (χ2n) is 4.12. The zero-order chi connectivity index (χ0) is 13.4. The number of halogens is 3. The number of pyridine rings is 1. The van der Waals surface area contributed by atoms with Crippen molar-refractivity contribution in [2.75, 3.05) is 0 Å². The summed E-state index contributed by atoms with van der Waals surface area (Å²) in [5.41, 5.74) is 3.18. The van der Waals surface area contributed by atoms with Crippen LogP contribution in [0.1, 0.15) is 5.69 Å². The number of fused-ring (bicyclic) bond motifs is 1. The van der Waals surface area contributed by atoms with Gasteiger partial charge in [0, 0.05) is 11.8 Å². The molecule has 19 heavy (non-hydrogen) atoms. The fourth-order valence-corrected chi connectivity index (χ4v) is 2.45. The highest BCUT2D eigenvalue weighted by Crippen LogP contribution is 2.27. The first-order valence-electron chi connectivity index (χ1n) is 5.67. The van der Waals surface area contributed by atoms with E-state index < -0.39 is 0 Å². The molecule has 2 aromatic heterocycles. The molecule has 0 amide bonds. The van der Waals surface area contributed by atoms with Crippen LogP contribution in [0.3, 0.4) is 0 Å². The van der Waals surface area contributed by atoms with Gasteiger partial charge in [0.1, 0.15) is 11.5 Å². The lowest BCUT2D eigenvalue weighted by Gasteiger charge is -2.01.